The lowest BCUT2D eigenvalue weighted by Crippen LogP contribution is -2.39. The maximum absolute atomic E-state index is 11.7. The second-order valence-electron chi connectivity index (χ2n) is 9.55. The van der Waals surface area contributed by atoms with Crippen LogP contribution in [0.4, 0.5) is 5.95 Å². The van der Waals surface area contributed by atoms with Crippen molar-refractivity contribution in [1.82, 2.24) is 19.4 Å². The molecule has 0 unspecified atom stereocenters. The summed E-state index contributed by atoms with van der Waals surface area (Å²) in [7, 11) is -3.15. The smallest absolute Gasteiger partial charge is 0.266 e. The number of pyridine rings is 1. The fourth-order valence-electron chi connectivity index (χ4n) is 4.86. The van der Waals surface area contributed by atoms with Crippen molar-refractivity contribution in [2.75, 3.05) is 37.3 Å². The van der Waals surface area contributed by atoms with Crippen LogP contribution in [0, 0.1) is 5.92 Å². The van der Waals surface area contributed by atoms with Crippen molar-refractivity contribution in [2.45, 2.75) is 51.6 Å². The average Bonchev–Trinajstić information content (AvgIpc) is 3.46. The molecule has 0 spiro atoms. The van der Waals surface area contributed by atoms with Gasteiger partial charge in [-0.1, -0.05) is 19.9 Å². The molecule has 0 amide bonds. The summed E-state index contributed by atoms with van der Waals surface area (Å²) in [6, 6.07) is 2.12. The molecule has 9 nitrogen and oxygen atoms in total. The van der Waals surface area contributed by atoms with Crippen molar-refractivity contribution in [3.05, 3.63) is 35.5 Å². The number of sulfonamides is 1. The Kier molecular flexibility index (Phi) is 5.90. The zero-order valence-corrected chi connectivity index (χ0v) is 20.2. The van der Waals surface area contributed by atoms with E-state index >= 15 is 0 Å². The van der Waals surface area contributed by atoms with Crippen molar-refractivity contribution >= 4 is 21.5 Å². The van der Waals surface area contributed by atoms with Crippen LogP contribution in [-0.2, 0) is 16.4 Å². The van der Waals surface area contributed by atoms with Crippen molar-refractivity contribution in [3.63, 3.8) is 0 Å². The van der Waals surface area contributed by atoms with Crippen LogP contribution >= 0.6 is 0 Å². The largest absolute Gasteiger partial charge is 0.488 e. The number of hydrogen-bond acceptors (Lipinski definition) is 8. The Balaban J connectivity index is 1.20. The SMILES string of the molecule is CC(C)c1nc(N2CCC([C@H]3Cc4cc(C5=CCN(S(C)(=O)=O)CC5)ncc4O3)CC2)no1. The highest BCUT2D eigenvalue weighted by Crippen LogP contribution is 2.37. The van der Waals surface area contributed by atoms with Crippen LogP contribution < -0.4 is 9.64 Å². The van der Waals surface area contributed by atoms with E-state index in [1.165, 1.54) is 16.1 Å². The third-order valence-electron chi connectivity index (χ3n) is 6.89. The summed E-state index contributed by atoms with van der Waals surface area (Å²) in [6.45, 7) is 6.79. The van der Waals surface area contributed by atoms with E-state index < -0.39 is 10.0 Å². The highest BCUT2D eigenvalue weighted by molar-refractivity contribution is 7.88. The molecule has 3 aliphatic heterocycles. The molecule has 0 bridgehead atoms. The molecule has 2 aromatic rings. The molecular weight excluding hydrogens is 442 g/mol. The molecule has 33 heavy (non-hydrogen) atoms. The lowest BCUT2D eigenvalue weighted by Gasteiger charge is -2.33. The van der Waals surface area contributed by atoms with Crippen LogP contribution in [0.15, 0.2) is 22.9 Å². The molecule has 1 fully saturated rings. The summed E-state index contributed by atoms with van der Waals surface area (Å²) in [5.41, 5.74) is 3.23. The molecule has 0 N–H and O–H groups in total. The first kappa shape index (κ1) is 22.3. The fourth-order valence-corrected chi connectivity index (χ4v) is 5.62. The van der Waals surface area contributed by atoms with Gasteiger partial charge in [-0.2, -0.15) is 9.29 Å². The van der Waals surface area contributed by atoms with E-state index in [-0.39, 0.29) is 12.0 Å². The van der Waals surface area contributed by atoms with E-state index in [9.17, 15) is 8.42 Å². The minimum Gasteiger partial charge on any atom is -0.488 e. The average molecular weight is 474 g/mol. The highest BCUT2D eigenvalue weighted by Gasteiger charge is 2.34. The first-order chi connectivity index (χ1) is 15.8. The van der Waals surface area contributed by atoms with Crippen LogP contribution in [0.5, 0.6) is 5.75 Å². The molecule has 5 rings (SSSR count). The molecule has 0 aliphatic carbocycles. The molecule has 2 aromatic heterocycles. The van der Waals surface area contributed by atoms with Gasteiger partial charge in [0, 0.05) is 44.1 Å². The van der Waals surface area contributed by atoms with Gasteiger partial charge in [-0.05, 0) is 42.0 Å². The van der Waals surface area contributed by atoms with Crippen molar-refractivity contribution in [2.24, 2.45) is 5.92 Å². The van der Waals surface area contributed by atoms with Gasteiger partial charge < -0.3 is 14.2 Å². The standard InChI is InChI=1S/C23H31N5O4S/c1-15(2)22-25-23(26-32-22)27-8-4-17(5-9-27)20-13-18-12-19(24-14-21(18)31-20)16-6-10-28(11-7-16)33(3,29)30/h6,12,14-15,17,20H,4-5,7-11,13H2,1-3H3/t20-/m1/s1. The quantitative estimate of drug-likeness (QED) is 0.653. The monoisotopic (exact) mass is 473 g/mol. The Morgan fingerprint density at radius 3 is 2.61 bits per heavy atom. The second kappa shape index (κ2) is 8.72. The minimum absolute atomic E-state index is 0.164. The third-order valence-corrected chi connectivity index (χ3v) is 8.16. The summed E-state index contributed by atoms with van der Waals surface area (Å²) >= 11 is 0. The molecular formula is C23H31N5O4S. The van der Waals surface area contributed by atoms with E-state index in [2.05, 4.69) is 26.1 Å². The van der Waals surface area contributed by atoms with Gasteiger partial charge in [0.25, 0.3) is 5.95 Å². The molecule has 0 saturated carbocycles. The first-order valence-corrected chi connectivity index (χ1v) is 13.5. The Morgan fingerprint density at radius 1 is 1.18 bits per heavy atom. The maximum atomic E-state index is 11.7. The maximum Gasteiger partial charge on any atom is 0.266 e. The zero-order valence-electron chi connectivity index (χ0n) is 19.4. The summed E-state index contributed by atoms with van der Waals surface area (Å²) in [5, 5.41) is 4.15. The molecule has 0 aromatic carbocycles. The van der Waals surface area contributed by atoms with E-state index in [4.69, 9.17) is 9.26 Å². The van der Waals surface area contributed by atoms with Crippen molar-refractivity contribution in [1.29, 1.82) is 0 Å². The predicted octanol–water partition coefficient (Wildman–Crippen LogP) is 2.86. The van der Waals surface area contributed by atoms with Crippen LogP contribution in [-0.4, -0.2) is 66.4 Å². The van der Waals surface area contributed by atoms with Crippen LogP contribution in [0.3, 0.4) is 0 Å². The van der Waals surface area contributed by atoms with Gasteiger partial charge in [0.15, 0.2) is 0 Å². The summed E-state index contributed by atoms with van der Waals surface area (Å²) in [6.07, 6.45) is 8.84. The number of nitrogens with zero attached hydrogens (tertiary/aromatic N) is 5. The minimum atomic E-state index is -3.15. The van der Waals surface area contributed by atoms with E-state index in [1.807, 2.05) is 26.1 Å². The van der Waals surface area contributed by atoms with Gasteiger partial charge in [-0.15, -0.1) is 0 Å². The normalized spacial score (nSPS) is 22.4. The van der Waals surface area contributed by atoms with Gasteiger partial charge in [0.05, 0.1) is 18.1 Å². The number of aromatic nitrogens is 3. The number of fused-ring (bicyclic) bond motifs is 1. The number of rotatable bonds is 5. The number of anilines is 1. The van der Waals surface area contributed by atoms with Gasteiger partial charge in [-0.3, -0.25) is 4.98 Å². The lowest BCUT2D eigenvalue weighted by atomic mass is 9.89. The topological polar surface area (TPSA) is 102 Å². The highest BCUT2D eigenvalue weighted by atomic mass is 32.2. The van der Waals surface area contributed by atoms with Gasteiger partial charge in [0.1, 0.15) is 11.9 Å². The fraction of sp³-hybridized carbons (Fsp3) is 0.609. The molecule has 1 saturated heterocycles. The molecule has 178 valence electrons. The van der Waals surface area contributed by atoms with Gasteiger partial charge in [-0.25, -0.2) is 8.42 Å². The van der Waals surface area contributed by atoms with E-state index in [0.29, 0.717) is 37.3 Å². The Hall–Kier alpha value is -2.46. The van der Waals surface area contributed by atoms with Crippen LogP contribution in [0.1, 0.15) is 56.2 Å². The van der Waals surface area contributed by atoms with Crippen molar-refractivity contribution in [3.8, 4) is 5.75 Å². The summed E-state index contributed by atoms with van der Waals surface area (Å²) in [5.74, 6) is 2.96. The molecule has 0 radical (unpaired) electrons. The van der Waals surface area contributed by atoms with E-state index in [1.54, 1.807) is 0 Å². The second-order valence-corrected chi connectivity index (χ2v) is 11.5. The summed E-state index contributed by atoms with van der Waals surface area (Å²) in [4.78, 5) is 11.3. The van der Waals surface area contributed by atoms with E-state index in [0.717, 1.165) is 49.4 Å². The van der Waals surface area contributed by atoms with Gasteiger partial charge >= 0.3 is 0 Å². The summed E-state index contributed by atoms with van der Waals surface area (Å²) < 4.78 is 36.6. The predicted molar refractivity (Wildman–Crippen MR) is 125 cm³/mol. The Bertz CT molecular complexity index is 1150. The third kappa shape index (κ3) is 4.63. The van der Waals surface area contributed by atoms with Crippen molar-refractivity contribution < 1.29 is 17.7 Å². The van der Waals surface area contributed by atoms with Gasteiger partial charge in [0.2, 0.25) is 15.9 Å². The number of hydrogen-bond donors (Lipinski definition) is 0. The zero-order chi connectivity index (χ0) is 23.2. The Labute approximate surface area is 194 Å². The first-order valence-electron chi connectivity index (χ1n) is 11.7. The molecule has 1 atom stereocenters. The number of piperidine rings is 1. The number of ether oxygens (including phenoxy) is 1. The molecule has 3 aliphatic rings. The Morgan fingerprint density at radius 2 is 1.97 bits per heavy atom. The lowest BCUT2D eigenvalue weighted by molar-refractivity contribution is 0.138. The molecule has 5 heterocycles. The molecule has 10 heteroatoms. The van der Waals surface area contributed by atoms with Crippen LogP contribution in [0.2, 0.25) is 0 Å². The van der Waals surface area contributed by atoms with Crippen LogP contribution in [0.25, 0.3) is 5.57 Å².